The van der Waals surface area contributed by atoms with Gasteiger partial charge in [0.2, 0.25) is 0 Å². The second kappa shape index (κ2) is 7.44. The Morgan fingerprint density at radius 2 is 1.73 bits per heavy atom. The van der Waals surface area contributed by atoms with Crippen molar-refractivity contribution in [1.29, 1.82) is 0 Å². The molecule has 0 aromatic carbocycles. The largest absolute Gasteiger partial charge is 0.395 e. The summed E-state index contributed by atoms with van der Waals surface area (Å²) in [6.07, 6.45) is -1.30. The van der Waals surface area contributed by atoms with Crippen molar-refractivity contribution in [2.45, 2.75) is 26.1 Å². The van der Waals surface area contributed by atoms with Crippen molar-refractivity contribution in [3.8, 4) is 0 Å². The molecule has 0 aliphatic carbocycles. The van der Waals surface area contributed by atoms with Crippen molar-refractivity contribution in [3.05, 3.63) is 0 Å². The molecule has 15 heavy (non-hydrogen) atoms. The van der Waals surface area contributed by atoms with Crippen LogP contribution in [0.5, 0.6) is 0 Å². The fourth-order valence-electron chi connectivity index (χ4n) is 1.15. The van der Waals surface area contributed by atoms with Crippen molar-refractivity contribution in [1.82, 2.24) is 10.2 Å². The second-order valence-electron chi connectivity index (χ2n) is 3.56. The number of carbonyl (C=O) groups is 1. The Balaban J connectivity index is 4.14. The molecule has 6 nitrogen and oxygen atoms in total. The van der Waals surface area contributed by atoms with E-state index in [4.69, 9.17) is 15.3 Å². The lowest BCUT2D eigenvalue weighted by Gasteiger charge is -2.25. The third kappa shape index (κ3) is 7.12. The molecular formula is C9H20N2O4. The molecule has 0 aromatic heterocycles. The van der Waals surface area contributed by atoms with Crippen LogP contribution in [0.25, 0.3) is 0 Å². The summed E-state index contributed by atoms with van der Waals surface area (Å²) in [5, 5.41) is 29.3. The minimum atomic E-state index is -0.649. The van der Waals surface area contributed by atoms with Gasteiger partial charge >= 0.3 is 6.03 Å². The summed E-state index contributed by atoms with van der Waals surface area (Å²) in [4.78, 5) is 12.8. The van der Waals surface area contributed by atoms with E-state index in [0.29, 0.717) is 0 Å². The van der Waals surface area contributed by atoms with Gasteiger partial charge in [-0.3, -0.25) is 0 Å². The number of aliphatic hydroxyl groups excluding tert-OH is 3. The minimum absolute atomic E-state index is 0.136. The van der Waals surface area contributed by atoms with Crippen molar-refractivity contribution in [2.75, 3.05) is 26.2 Å². The smallest absolute Gasteiger partial charge is 0.317 e. The molecule has 0 aliphatic rings. The zero-order valence-corrected chi connectivity index (χ0v) is 9.18. The van der Waals surface area contributed by atoms with Crippen LogP contribution in [-0.4, -0.2) is 64.7 Å². The number of urea groups is 1. The van der Waals surface area contributed by atoms with Gasteiger partial charge in [-0.1, -0.05) is 0 Å². The van der Waals surface area contributed by atoms with Crippen LogP contribution in [0.3, 0.4) is 0 Å². The highest BCUT2D eigenvalue weighted by Gasteiger charge is 2.16. The van der Waals surface area contributed by atoms with E-state index < -0.39 is 18.2 Å². The van der Waals surface area contributed by atoms with Gasteiger partial charge in [0.15, 0.2) is 0 Å². The van der Waals surface area contributed by atoms with Gasteiger partial charge in [0.25, 0.3) is 0 Å². The van der Waals surface area contributed by atoms with Crippen LogP contribution >= 0.6 is 0 Å². The summed E-state index contributed by atoms with van der Waals surface area (Å²) in [7, 11) is 0. The molecule has 0 bridgehead atoms. The van der Waals surface area contributed by atoms with Crippen LogP contribution in [0.1, 0.15) is 13.8 Å². The number of aliphatic hydroxyl groups is 3. The summed E-state index contributed by atoms with van der Waals surface area (Å²) >= 11 is 0. The Morgan fingerprint density at radius 3 is 2.07 bits per heavy atom. The monoisotopic (exact) mass is 220 g/mol. The van der Waals surface area contributed by atoms with E-state index in [-0.39, 0.29) is 26.2 Å². The minimum Gasteiger partial charge on any atom is -0.395 e. The molecule has 0 aliphatic heterocycles. The maximum atomic E-state index is 11.5. The summed E-state index contributed by atoms with van der Waals surface area (Å²) in [5.41, 5.74) is 0. The quantitative estimate of drug-likeness (QED) is 0.450. The molecule has 0 saturated carbocycles. The molecule has 90 valence electrons. The molecule has 0 radical (unpaired) electrons. The van der Waals surface area contributed by atoms with E-state index in [9.17, 15) is 4.79 Å². The van der Waals surface area contributed by atoms with Gasteiger partial charge in [-0.2, -0.15) is 0 Å². The number of hydrogen-bond acceptors (Lipinski definition) is 4. The van der Waals surface area contributed by atoms with Crippen molar-refractivity contribution in [2.24, 2.45) is 0 Å². The van der Waals surface area contributed by atoms with Crippen molar-refractivity contribution >= 4 is 6.03 Å². The average Bonchev–Trinajstić information content (AvgIpc) is 2.11. The average molecular weight is 220 g/mol. The molecule has 2 unspecified atom stereocenters. The molecule has 6 heteroatoms. The predicted molar refractivity (Wildman–Crippen MR) is 55.4 cm³/mol. The van der Waals surface area contributed by atoms with Crippen LogP contribution in [0.15, 0.2) is 0 Å². The van der Waals surface area contributed by atoms with E-state index in [2.05, 4.69) is 5.32 Å². The van der Waals surface area contributed by atoms with E-state index in [1.165, 1.54) is 4.90 Å². The van der Waals surface area contributed by atoms with Crippen LogP contribution in [0.4, 0.5) is 4.79 Å². The molecule has 0 fully saturated rings. The standard InChI is InChI=1S/C9H20N2O4/c1-7(13)5-11(6-8(2)14)9(15)10-3-4-12/h7-8,12-14H,3-6H2,1-2H3,(H,10,15). The third-order valence-corrected chi connectivity index (χ3v) is 1.64. The number of amides is 2. The molecule has 0 aromatic rings. The Hall–Kier alpha value is -0.850. The fourth-order valence-corrected chi connectivity index (χ4v) is 1.15. The number of hydrogen-bond donors (Lipinski definition) is 4. The van der Waals surface area contributed by atoms with Gasteiger partial charge in [0.1, 0.15) is 0 Å². The van der Waals surface area contributed by atoms with Crippen LogP contribution in [-0.2, 0) is 0 Å². The lowest BCUT2D eigenvalue weighted by Crippen LogP contribution is -2.46. The summed E-state index contributed by atoms with van der Waals surface area (Å²) < 4.78 is 0. The lowest BCUT2D eigenvalue weighted by molar-refractivity contribution is 0.0961. The molecule has 0 spiro atoms. The van der Waals surface area contributed by atoms with Crippen molar-refractivity contribution < 1.29 is 20.1 Å². The van der Waals surface area contributed by atoms with Gasteiger partial charge in [0, 0.05) is 19.6 Å². The first-order valence-corrected chi connectivity index (χ1v) is 4.97. The summed E-state index contributed by atoms with van der Waals surface area (Å²) in [6.45, 7) is 3.46. The zero-order valence-electron chi connectivity index (χ0n) is 9.18. The second-order valence-corrected chi connectivity index (χ2v) is 3.56. The first-order valence-electron chi connectivity index (χ1n) is 4.97. The SMILES string of the molecule is CC(O)CN(CC(C)O)C(=O)NCCO. The van der Waals surface area contributed by atoms with E-state index in [0.717, 1.165) is 0 Å². The zero-order chi connectivity index (χ0) is 11.8. The molecule has 0 rings (SSSR count). The van der Waals surface area contributed by atoms with Gasteiger partial charge in [0.05, 0.1) is 18.8 Å². The molecule has 0 saturated heterocycles. The van der Waals surface area contributed by atoms with Crippen molar-refractivity contribution in [3.63, 3.8) is 0 Å². The lowest BCUT2D eigenvalue weighted by atomic mass is 10.3. The fraction of sp³-hybridized carbons (Fsp3) is 0.889. The Bertz CT molecular complexity index is 175. The number of carbonyl (C=O) groups excluding carboxylic acids is 1. The Labute approximate surface area is 89.5 Å². The summed E-state index contributed by atoms with van der Waals surface area (Å²) in [5.74, 6) is 0. The first-order chi connectivity index (χ1) is 6.97. The van der Waals surface area contributed by atoms with E-state index in [1.807, 2.05) is 0 Å². The molecule has 4 N–H and O–H groups in total. The molecule has 2 amide bonds. The maximum absolute atomic E-state index is 11.5. The highest BCUT2D eigenvalue weighted by Crippen LogP contribution is 1.96. The Kier molecular flexibility index (Phi) is 7.02. The highest BCUT2D eigenvalue weighted by molar-refractivity contribution is 5.74. The van der Waals surface area contributed by atoms with Gasteiger partial charge in [-0.15, -0.1) is 0 Å². The van der Waals surface area contributed by atoms with Crippen LogP contribution in [0.2, 0.25) is 0 Å². The number of nitrogens with one attached hydrogen (secondary N) is 1. The topological polar surface area (TPSA) is 93.0 Å². The normalized spacial score (nSPS) is 14.5. The third-order valence-electron chi connectivity index (χ3n) is 1.64. The van der Waals surface area contributed by atoms with Crippen LogP contribution < -0.4 is 5.32 Å². The van der Waals surface area contributed by atoms with Crippen LogP contribution in [0, 0.1) is 0 Å². The molecular weight excluding hydrogens is 200 g/mol. The van der Waals surface area contributed by atoms with E-state index >= 15 is 0 Å². The first kappa shape index (κ1) is 14.2. The predicted octanol–water partition coefficient (Wildman–Crippen LogP) is -1.25. The van der Waals surface area contributed by atoms with Gasteiger partial charge < -0.3 is 25.5 Å². The Morgan fingerprint density at radius 1 is 1.27 bits per heavy atom. The van der Waals surface area contributed by atoms with Gasteiger partial charge in [-0.25, -0.2) is 4.79 Å². The van der Waals surface area contributed by atoms with E-state index in [1.54, 1.807) is 13.8 Å². The maximum Gasteiger partial charge on any atom is 0.317 e. The van der Waals surface area contributed by atoms with Gasteiger partial charge in [-0.05, 0) is 13.8 Å². The molecule has 2 atom stereocenters. The number of rotatable bonds is 6. The number of nitrogens with zero attached hydrogens (tertiary/aromatic N) is 1. The highest BCUT2D eigenvalue weighted by atomic mass is 16.3. The summed E-state index contributed by atoms with van der Waals surface area (Å²) in [6, 6.07) is -0.397. The molecule has 0 heterocycles.